The molecule has 60 heavy (non-hydrogen) atoms. The molecule has 0 aliphatic rings. The largest absolute Gasteiger partial charge is 0.480 e. The quantitative estimate of drug-likeness (QED) is 0.0231. The first-order valence-corrected chi connectivity index (χ1v) is 24.1. The Hall–Kier alpha value is -3.34. The first kappa shape index (κ1) is 56.7. The number of hydrogen-bond acceptors (Lipinski definition) is 9. The molecule has 11 nitrogen and oxygen atoms in total. The van der Waals surface area contributed by atoms with Gasteiger partial charge in [0.05, 0.1) is 13.2 Å². The van der Waals surface area contributed by atoms with E-state index in [1.165, 1.54) is 12.8 Å². The molecule has 0 saturated heterocycles. The molecule has 0 aliphatic heterocycles. The zero-order valence-electron chi connectivity index (χ0n) is 37.0. The summed E-state index contributed by atoms with van der Waals surface area (Å²) < 4.78 is 32.7. The summed E-state index contributed by atoms with van der Waals surface area (Å²) in [5, 5.41) is 8.90. The van der Waals surface area contributed by atoms with E-state index in [1.54, 1.807) is 0 Å². The van der Waals surface area contributed by atoms with Crippen molar-refractivity contribution >= 4 is 25.7 Å². The van der Waals surface area contributed by atoms with Crippen molar-refractivity contribution in [3.8, 4) is 0 Å². The molecule has 12 heteroatoms. The number of hydrogen-bond donors (Lipinski definition) is 3. The lowest BCUT2D eigenvalue weighted by atomic mass is 10.1. The molecule has 0 amide bonds. The minimum absolute atomic E-state index is 0.138. The molecule has 3 atom stereocenters. The second-order valence-electron chi connectivity index (χ2n) is 14.8. The lowest BCUT2D eigenvalue weighted by Gasteiger charge is -2.20. The Labute approximate surface area is 362 Å². The average molecular weight is 862 g/mol. The van der Waals surface area contributed by atoms with Crippen LogP contribution in [0.5, 0.6) is 0 Å². The fourth-order valence-corrected chi connectivity index (χ4v) is 6.44. The lowest BCUT2D eigenvalue weighted by molar-refractivity contribution is -0.161. The summed E-state index contributed by atoms with van der Waals surface area (Å²) in [5.74, 6) is -2.42. The number of aliphatic carboxylic acids is 1. The molecular formula is C48H80NO10P. The summed E-state index contributed by atoms with van der Waals surface area (Å²) in [4.78, 5) is 46.0. The lowest BCUT2D eigenvalue weighted by Crippen LogP contribution is -2.34. The van der Waals surface area contributed by atoms with Crippen molar-refractivity contribution in [2.75, 3.05) is 19.8 Å². The highest BCUT2D eigenvalue weighted by atomic mass is 31.2. The van der Waals surface area contributed by atoms with Crippen molar-refractivity contribution in [1.29, 1.82) is 0 Å². The van der Waals surface area contributed by atoms with Gasteiger partial charge in [-0.15, -0.1) is 0 Å². The molecule has 0 heterocycles. The number of unbranched alkanes of at least 4 members (excludes halogenated alkanes) is 13. The van der Waals surface area contributed by atoms with Crippen LogP contribution in [0.2, 0.25) is 0 Å². The van der Waals surface area contributed by atoms with Crippen LogP contribution in [-0.4, -0.2) is 59.9 Å². The van der Waals surface area contributed by atoms with Gasteiger partial charge in [-0.1, -0.05) is 157 Å². The number of ether oxygens (including phenoxy) is 2. The van der Waals surface area contributed by atoms with Crippen LogP contribution in [0.3, 0.4) is 0 Å². The Bertz CT molecular complexity index is 1340. The summed E-state index contributed by atoms with van der Waals surface area (Å²) in [6, 6.07) is -1.53. The zero-order valence-corrected chi connectivity index (χ0v) is 37.9. The fraction of sp³-hybridized carbons (Fsp3) is 0.646. The van der Waals surface area contributed by atoms with Crippen LogP contribution < -0.4 is 5.73 Å². The van der Waals surface area contributed by atoms with E-state index < -0.39 is 51.1 Å². The Balaban J connectivity index is 4.39. The van der Waals surface area contributed by atoms with Crippen LogP contribution >= 0.6 is 7.82 Å². The van der Waals surface area contributed by atoms with Crippen LogP contribution in [0, 0.1) is 0 Å². The average Bonchev–Trinajstić information content (AvgIpc) is 3.22. The maximum atomic E-state index is 12.7. The van der Waals surface area contributed by atoms with Gasteiger partial charge in [0.1, 0.15) is 12.6 Å². The molecule has 342 valence electrons. The molecule has 0 rings (SSSR count). The number of carbonyl (C=O) groups excluding carboxylic acids is 2. The number of carbonyl (C=O) groups is 3. The SMILES string of the molecule is CC/C=C\C/C=C\C/C=C\C/C=C\CCCCCCCCC(=O)OC(COC(=O)CCCCCCCCC/C=C\C/C=C\C/C=C\CC)COP(=O)(O)OCC(N)C(=O)O. The number of rotatable bonds is 41. The molecule has 0 aliphatic carbocycles. The van der Waals surface area contributed by atoms with E-state index in [0.29, 0.717) is 12.8 Å². The number of allylic oxidation sites excluding steroid dienone is 14. The number of carboxylic acid groups (broad SMARTS) is 1. The molecular weight excluding hydrogens is 781 g/mol. The summed E-state index contributed by atoms with van der Waals surface area (Å²) in [6.45, 7) is 2.55. The van der Waals surface area contributed by atoms with Crippen molar-refractivity contribution in [3.05, 3.63) is 85.1 Å². The van der Waals surface area contributed by atoms with Gasteiger partial charge in [0, 0.05) is 12.8 Å². The second kappa shape index (κ2) is 42.4. The Morgan fingerprint density at radius 1 is 0.517 bits per heavy atom. The number of nitrogens with two attached hydrogens (primary N) is 1. The number of phosphoric ester groups is 1. The van der Waals surface area contributed by atoms with Gasteiger partial charge in [-0.25, -0.2) is 4.57 Å². The predicted octanol–water partition coefficient (Wildman–Crippen LogP) is 12.3. The first-order chi connectivity index (χ1) is 29.1. The predicted molar refractivity (Wildman–Crippen MR) is 244 cm³/mol. The minimum Gasteiger partial charge on any atom is -0.480 e. The van der Waals surface area contributed by atoms with Gasteiger partial charge in [0.25, 0.3) is 0 Å². The van der Waals surface area contributed by atoms with Crippen LogP contribution in [0.4, 0.5) is 0 Å². The molecule has 4 N–H and O–H groups in total. The molecule has 0 aromatic rings. The molecule has 0 fully saturated rings. The number of esters is 2. The van der Waals surface area contributed by atoms with Gasteiger partial charge < -0.3 is 25.2 Å². The molecule has 0 aromatic carbocycles. The minimum atomic E-state index is -4.73. The fourth-order valence-electron chi connectivity index (χ4n) is 5.66. The molecule has 0 spiro atoms. The van der Waals surface area contributed by atoms with E-state index >= 15 is 0 Å². The van der Waals surface area contributed by atoms with Gasteiger partial charge >= 0.3 is 25.7 Å². The van der Waals surface area contributed by atoms with E-state index in [2.05, 4.69) is 103 Å². The smallest absolute Gasteiger partial charge is 0.472 e. The normalized spacial score (nSPS) is 14.5. The summed E-state index contributed by atoms with van der Waals surface area (Å²) >= 11 is 0. The van der Waals surface area contributed by atoms with Crippen LogP contribution in [0.25, 0.3) is 0 Å². The maximum Gasteiger partial charge on any atom is 0.472 e. The highest BCUT2D eigenvalue weighted by Gasteiger charge is 2.28. The Kier molecular flexibility index (Phi) is 40.0. The monoisotopic (exact) mass is 862 g/mol. The van der Waals surface area contributed by atoms with Gasteiger partial charge in [-0.05, 0) is 83.5 Å². The molecule has 3 unspecified atom stereocenters. The van der Waals surface area contributed by atoms with Crippen LogP contribution in [0.1, 0.15) is 168 Å². The van der Waals surface area contributed by atoms with Gasteiger partial charge in [0.2, 0.25) is 0 Å². The number of carboxylic acids is 1. The van der Waals surface area contributed by atoms with E-state index in [1.807, 2.05) is 0 Å². The molecule has 0 bridgehead atoms. The molecule has 0 aromatic heterocycles. The topological polar surface area (TPSA) is 172 Å². The van der Waals surface area contributed by atoms with E-state index in [9.17, 15) is 23.8 Å². The first-order valence-electron chi connectivity index (χ1n) is 22.6. The Morgan fingerprint density at radius 3 is 1.32 bits per heavy atom. The summed E-state index contributed by atoms with van der Waals surface area (Å²) in [5.41, 5.74) is 5.34. The van der Waals surface area contributed by atoms with Gasteiger partial charge in [0.15, 0.2) is 6.10 Å². The zero-order chi connectivity index (χ0) is 44.2. The maximum absolute atomic E-state index is 12.7. The third-order valence-corrected chi connectivity index (χ3v) is 10.1. The third-order valence-electron chi connectivity index (χ3n) is 9.14. The molecule has 0 radical (unpaired) electrons. The van der Waals surface area contributed by atoms with E-state index in [4.69, 9.17) is 24.8 Å². The van der Waals surface area contributed by atoms with Gasteiger partial charge in [-0.2, -0.15) is 0 Å². The number of phosphoric acid groups is 1. The van der Waals surface area contributed by atoms with Crippen molar-refractivity contribution in [3.63, 3.8) is 0 Å². The van der Waals surface area contributed by atoms with Crippen molar-refractivity contribution < 1.29 is 47.5 Å². The highest BCUT2D eigenvalue weighted by Crippen LogP contribution is 2.43. The van der Waals surface area contributed by atoms with Crippen molar-refractivity contribution in [2.24, 2.45) is 5.73 Å². The Morgan fingerprint density at radius 2 is 0.883 bits per heavy atom. The van der Waals surface area contributed by atoms with Crippen molar-refractivity contribution in [2.45, 2.75) is 180 Å². The van der Waals surface area contributed by atoms with E-state index in [0.717, 1.165) is 116 Å². The third kappa shape index (κ3) is 41.4. The van der Waals surface area contributed by atoms with Crippen molar-refractivity contribution in [1.82, 2.24) is 0 Å². The molecule has 0 saturated carbocycles. The second-order valence-corrected chi connectivity index (χ2v) is 16.2. The van der Waals surface area contributed by atoms with Crippen LogP contribution in [0.15, 0.2) is 85.1 Å². The standard InChI is InChI=1S/C48H80NO10P/c1-3-5-7-9-11-13-15-17-19-21-22-24-26-28-30-32-34-36-38-40-47(51)59-44(42-57-60(54,55)58-43-45(49)48(52)53)41-56-46(50)39-37-35-33-31-29-27-25-23-20-18-16-14-12-10-8-6-4-2/h5-8,11-14,17-20,22,24,44-45H,3-4,9-10,15-16,21,23,25-43,49H2,1-2H3,(H,52,53)(H,54,55)/b7-5-,8-6-,13-11-,14-12-,19-17-,20-18-,24-22-. The highest BCUT2D eigenvalue weighted by molar-refractivity contribution is 7.47. The summed E-state index contributed by atoms with van der Waals surface area (Å²) in [7, 11) is -4.73. The van der Waals surface area contributed by atoms with Crippen LogP contribution in [-0.2, 0) is 37.5 Å². The van der Waals surface area contributed by atoms with Gasteiger partial charge in [-0.3, -0.25) is 23.4 Å². The summed E-state index contributed by atoms with van der Waals surface area (Å²) in [6.07, 6.45) is 52.1. The van der Waals surface area contributed by atoms with E-state index in [-0.39, 0.29) is 19.4 Å².